The Labute approximate surface area is 178 Å². The Morgan fingerprint density at radius 2 is 1.90 bits per heavy atom. The third-order valence-electron chi connectivity index (χ3n) is 5.64. The summed E-state index contributed by atoms with van der Waals surface area (Å²) in [4.78, 5) is 30.5. The first kappa shape index (κ1) is 20.6. The predicted octanol–water partition coefficient (Wildman–Crippen LogP) is 4.47. The van der Waals surface area contributed by atoms with Crippen molar-refractivity contribution in [2.75, 3.05) is 26.2 Å². The van der Waals surface area contributed by atoms with Gasteiger partial charge >= 0.3 is 0 Å². The highest BCUT2D eigenvalue weighted by atomic mass is 35.5. The number of nitrogens with zero attached hydrogens (tertiary/aromatic N) is 2. The number of carbonyl (C=O) groups excluding carboxylic acids is 1. The van der Waals surface area contributed by atoms with Crippen molar-refractivity contribution in [1.82, 2.24) is 9.80 Å². The highest BCUT2D eigenvalue weighted by Gasteiger charge is 2.42. The fourth-order valence-corrected chi connectivity index (χ4v) is 4.23. The Balaban J connectivity index is 1.89. The molecule has 1 aliphatic rings. The third-order valence-corrected chi connectivity index (χ3v) is 5.88. The minimum atomic E-state index is -0.634. The molecule has 0 fully saturated rings. The Kier molecular flexibility index (Phi) is 5.62. The molecule has 0 unspecified atom stereocenters. The van der Waals surface area contributed by atoms with Gasteiger partial charge < -0.3 is 14.2 Å². The molecule has 1 aromatic heterocycles. The minimum Gasteiger partial charge on any atom is -0.450 e. The van der Waals surface area contributed by atoms with Crippen molar-refractivity contribution in [3.8, 4) is 0 Å². The van der Waals surface area contributed by atoms with Crippen LogP contribution in [0.15, 0.2) is 51.7 Å². The number of hydrogen-bond donors (Lipinski definition) is 0. The average molecular weight is 429 g/mol. The van der Waals surface area contributed by atoms with Crippen molar-refractivity contribution in [2.45, 2.75) is 19.9 Å². The van der Waals surface area contributed by atoms with Gasteiger partial charge in [-0.05, 0) is 49.0 Å². The van der Waals surface area contributed by atoms with E-state index in [1.807, 2.05) is 6.07 Å². The summed E-state index contributed by atoms with van der Waals surface area (Å²) in [5.74, 6) is -0.856. The second kappa shape index (κ2) is 8.20. The van der Waals surface area contributed by atoms with Gasteiger partial charge in [0, 0.05) is 18.1 Å². The fourth-order valence-electron chi connectivity index (χ4n) is 4.04. The maximum absolute atomic E-state index is 13.8. The van der Waals surface area contributed by atoms with E-state index in [-0.39, 0.29) is 28.2 Å². The molecule has 0 bridgehead atoms. The largest absolute Gasteiger partial charge is 0.450 e. The molecule has 0 saturated heterocycles. The van der Waals surface area contributed by atoms with Crippen molar-refractivity contribution in [2.24, 2.45) is 0 Å². The highest BCUT2D eigenvalue weighted by molar-refractivity contribution is 6.30. The summed E-state index contributed by atoms with van der Waals surface area (Å²) in [6.07, 6.45) is 0. The monoisotopic (exact) mass is 428 g/mol. The van der Waals surface area contributed by atoms with Crippen LogP contribution < -0.4 is 5.43 Å². The lowest BCUT2D eigenvalue weighted by atomic mass is 9.98. The molecule has 0 radical (unpaired) electrons. The SMILES string of the molecule is CCN(CC)CCN1C(=O)c2oc3ccc(F)cc3c(=O)c2[C@H]1c1cccc(Cl)c1. The van der Waals surface area contributed by atoms with Gasteiger partial charge in [0.2, 0.25) is 5.76 Å². The highest BCUT2D eigenvalue weighted by Crippen LogP contribution is 2.38. The van der Waals surface area contributed by atoms with Crippen molar-refractivity contribution in [1.29, 1.82) is 0 Å². The number of halogens is 2. The fraction of sp³-hybridized carbons (Fsp3) is 0.304. The zero-order chi connectivity index (χ0) is 21.4. The summed E-state index contributed by atoms with van der Waals surface area (Å²) in [5.41, 5.74) is 0.760. The molecule has 0 aliphatic carbocycles. The quantitative estimate of drug-likeness (QED) is 0.581. The molecule has 0 saturated carbocycles. The normalized spacial score (nSPS) is 16.0. The first-order valence-corrected chi connectivity index (χ1v) is 10.4. The molecular weight excluding hydrogens is 407 g/mol. The Hall–Kier alpha value is -2.70. The zero-order valence-electron chi connectivity index (χ0n) is 16.8. The summed E-state index contributed by atoms with van der Waals surface area (Å²) in [6.45, 7) is 6.91. The van der Waals surface area contributed by atoms with Crippen LogP contribution in [0.25, 0.3) is 11.0 Å². The van der Waals surface area contributed by atoms with Crippen LogP contribution in [0.2, 0.25) is 5.02 Å². The van der Waals surface area contributed by atoms with E-state index in [2.05, 4.69) is 18.7 Å². The van der Waals surface area contributed by atoms with Crippen molar-refractivity contribution in [3.63, 3.8) is 0 Å². The summed E-state index contributed by atoms with van der Waals surface area (Å²) in [6, 6.07) is 10.2. The molecule has 5 nitrogen and oxygen atoms in total. The summed E-state index contributed by atoms with van der Waals surface area (Å²) in [5, 5.41) is 0.632. The number of fused-ring (bicyclic) bond motifs is 2. The molecule has 4 rings (SSSR count). The van der Waals surface area contributed by atoms with E-state index in [9.17, 15) is 14.0 Å². The smallest absolute Gasteiger partial charge is 0.290 e. The molecule has 30 heavy (non-hydrogen) atoms. The van der Waals surface area contributed by atoms with E-state index in [1.54, 1.807) is 23.1 Å². The van der Waals surface area contributed by atoms with Crippen LogP contribution in [0.5, 0.6) is 0 Å². The first-order valence-electron chi connectivity index (χ1n) is 9.99. The van der Waals surface area contributed by atoms with Gasteiger partial charge in [-0.1, -0.05) is 37.6 Å². The van der Waals surface area contributed by atoms with Gasteiger partial charge in [-0.3, -0.25) is 9.59 Å². The van der Waals surface area contributed by atoms with E-state index in [0.29, 0.717) is 18.1 Å². The van der Waals surface area contributed by atoms with E-state index >= 15 is 0 Å². The summed E-state index contributed by atoms with van der Waals surface area (Å²) in [7, 11) is 0. The topological polar surface area (TPSA) is 53.8 Å². The van der Waals surface area contributed by atoms with Crippen molar-refractivity contribution in [3.05, 3.63) is 80.4 Å². The first-order chi connectivity index (χ1) is 14.4. The van der Waals surface area contributed by atoms with Crippen LogP contribution in [0.4, 0.5) is 4.39 Å². The number of likely N-dealkylation sites (N-methyl/N-ethyl adjacent to an activating group) is 1. The van der Waals surface area contributed by atoms with Crippen LogP contribution in [0, 0.1) is 5.82 Å². The molecule has 1 amide bonds. The van der Waals surface area contributed by atoms with Gasteiger partial charge in [-0.25, -0.2) is 4.39 Å². The zero-order valence-corrected chi connectivity index (χ0v) is 17.6. The molecule has 0 N–H and O–H groups in total. The van der Waals surface area contributed by atoms with E-state index in [0.717, 1.165) is 24.7 Å². The van der Waals surface area contributed by atoms with E-state index < -0.39 is 17.3 Å². The molecule has 3 aromatic rings. The van der Waals surface area contributed by atoms with Crippen LogP contribution in [-0.4, -0.2) is 41.9 Å². The molecule has 1 atom stereocenters. The standard InChI is InChI=1S/C23H22ClFN2O3/c1-3-26(4-2)10-11-27-20(14-6-5-7-15(24)12-14)19-21(28)17-13-16(25)8-9-18(17)30-22(19)23(27)29/h5-9,12-13,20H,3-4,10-11H2,1-2H3/t20-/m1/s1. The van der Waals surface area contributed by atoms with Crippen LogP contribution in [0.1, 0.15) is 41.6 Å². The third kappa shape index (κ3) is 3.50. The molecule has 7 heteroatoms. The maximum atomic E-state index is 13.8. The molecule has 156 valence electrons. The molecule has 2 heterocycles. The van der Waals surface area contributed by atoms with E-state index in [4.69, 9.17) is 16.0 Å². The van der Waals surface area contributed by atoms with E-state index in [1.165, 1.54) is 12.1 Å². The predicted molar refractivity (Wildman–Crippen MR) is 115 cm³/mol. The second-order valence-electron chi connectivity index (χ2n) is 7.30. The van der Waals surface area contributed by atoms with Crippen LogP contribution >= 0.6 is 11.6 Å². The van der Waals surface area contributed by atoms with Gasteiger partial charge in [0.05, 0.1) is 17.0 Å². The van der Waals surface area contributed by atoms with Gasteiger partial charge in [0.15, 0.2) is 5.43 Å². The molecule has 0 spiro atoms. The molecular formula is C23H22ClFN2O3. The Morgan fingerprint density at radius 3 is 2.60 bits per heavy atom. The van der Waals surface area contributed by atoms with Crippen LogP contribution in [0.3, 0.4) is 0 Å². The van der Waals surface area contributed by atoms with Crippen LogP contribution in [-0.2, 0) is 0 Å². The number of hydrogen-bond acceptors (Lipinski definition) is 4. The maximum Gasteiger partial charge on any atom is 0.290 e. The number of carbonyl (C=O) groups is 1. The van der Waals surface area contributed by atoms with Gasteiger partial charge in [0.25, 0.3) is 5.91 Å². The lowest BCUT2D eigenvalue weighted by Crippen LogP contribution is -2.37. The number of amides is 1. The lowest BCUT2D eigenvalue weighted by Gasteiger charge is -2.28. The lowest BCUT2D eigenvalue weighted by molar-refractivity contribution is 0.0708. The minimum absolute atomic E-state index is 0.0173. The van der Waals surface area contributed by atoms with Gasteiger partial charge in [-0.2, -0.15) is 0 Å². The summed E-state index contributed by atoms with van der Waals surface area (Å²) < 4.78 is 19.6. The molecule has 2 aromatic carbocycles. The van der Waals surface area contributed by atoms with Crippen molar-refractivity contribution >= 4 is 28.5 Å². The second-order valence-corrected chi connectivity index (χ2v) is 7.73. The number of benzene rings is 2. The van der Waals surface area contributed by atoms with Gasteiger partial charge in [0.1, 0.15) is 11.4 Å². The van der Waals surface area contributed by atoms with Gasteiger partial charge in [-0.15, -0.1) is 0 Å². The molecule has 1 aliphatic heterocycles. The average Bonchev–Trinajstić information content (AvgIpc) is 3.02. The Bertz CT molecular complexity index is 1170. The van der Waals surface area contributed by atoms with Crippen molar-refractivity contribution < 1.29 is 13.6 Å². The summed E-state index contributed by atoms with van der Waals surface area (Å²) >= 11 is 6.20. The number of rotatable bonds is 6. The Morgan fingerprint density at radius 1 is 1.13 bits per heavy atom.